The Bertz CT molecular complexity index is 920. The van der Waals surface area contributed by atoms with Gasteiger partial charge < -0.3 is 15.3 Å². The lowest BCUT2D eigenvalue weighted by Gasteiger charge is -2.28. The number of carbonyl (C=O) groups is 1. The first kappa shape index (κ1) is 17.4. The van der Waals surface area contributed by atoms with Crippen LogP contribution in [0.3, 0.4) is 0 Å². The van der Waals surface area contributed by atoms with Crippen LogP contribution < -0.4 is 5.32 Å². The summed E-state index contributed by atoms with van der Waals surface area (Å²) < 4.78 is 0. The number of amidine groups is 1. The highest BCUT2D eigenvalue weighted by Gasteiger charge is 2.38. The molecule has 0 aromatic heterocycles. The Morgan fingerprint density at radius 1 is 1.14 bits per heavy atom. The standard InChI is InChI=1S/C22H24N4O2/c27-14-18-13-26-21-17(7-8-19(28)24-20(18)21)11-23-22(26)16-5-3-15(4-6-16)12-25-9-1-2-10-25/h3-8,11,18,27H,1-2,9-10,12-14H2,(H,24,28)/t18-/m0/s1. The average Bonchev–Trinajstić information content (AvgIpc) is 3.31. The number of aliphatic hydroxyl groups excluding tert-OH is 1. The number of hydrogen-bond acceptors (Lipinski definition) is 5. The fourth-order valence-electron chi connectivity index (χ4n) is 4.47. The Hall–Kier alpha value is -2.70. The molecule has 1 atom stereocenters. The van der Waals surface area contributed by atoms with Crippen LogP contribution in [0.4, 0.5) is 0 Å². The Balaban J connectivity index is 1.45. The predicted molar refractivity (Wildman–Crippen MR) is 107 cm³/mol. The van der Waals surface area contributed by atoms with Crippen molar-refractivity contribution in [2.45, 2.75) is 19.4 Å². The van der Waals surface area contributed by atoms with Crippen molar-refractivity contribution < 1.29 is 9.90 Å². The van der Waals surface area contributed by atoms with Gasteiger partial charge in [0.25, 0.3) is 0 Å². The highest BCUT2D eigenvalue weighted by molar-refractivity contribution is 6.03. The van der Waals surface area contributed by atoms with E-state index in [0.29, 0.717) is 6.54 Å². The molecule has 6 heteroatoms. The van der Waals surface area contributed by atoms with Crippen LogP contribution >= 0.6 is 0 Å². The van der Waals surface area contributed by atoms with Crippen molar-refractivity contribution in [2.75, 3.05) is 26.2 Å². The van der Waals surface area contributed by atoms with E-state index in [1.165, 1.54) is 37.6 Å². The zero-order valence-electron chi connectivity index (χ0n) is 15.8. The molecule has 0 aliphatic carbocycles. The molecule has 1 fully saturated rings. The molecule has 0 saturated carbocycles. The third-order valence-electron chi connectivity index (χ3n) is 5.90. The summed E-state index contributed by atoms with van der Waals surface area (Å²) >= 11 is 0. The molecule has 0 radical (unpaired) electrons. The number of aliphatic imine (C=N–C) groups is 1. The van der Waals surface area contributed by atoms with E-state index in [4.69, 9.17) is 4.99 Å². The van der Waals surface area contributed by atoms with Gasteiger partial charge in [-0.25, -0.2) is 4.99 Å². The lowest BCUT2D eigenvalue weighted by atomic mass is 10.1. The van der Waals surface area contributed by atoms with E-state index >= 15 is 0 Å². The van der Waals surface area contributed by atoms with E-state index in [1.54, 1.807) is 6.08 Å². The third kappa shape index (κ3) is 2.99. The zero-order valence-corrected chi connectivity index (χ0v) is 15.8. The number of nitrogens with zero attached hydrogens (tertiary/aromatic N) is 3. The maximum absolute atomic E-state index is 12.0. The number of allylic oxidation sites excluding steroid dienone is 1. The van der Waals surface area contributed by atoms with E-state index in [-0.39, 0.29) is 18.4 Å². The second-order valence-corrected chi connectivity index (χ2v) is 7.79. The van der Waals surface area contributed by atoms with Crippen molar-refractivity contribution in [1.29, 1.82) is 0 Å². The fraction of sp³-hybridized carbons (Fsp3) is 0.364. The molecule has 0 unspecified atom stereocenters. The maximum atomic E-state index is 12.0. The highest BCUT2D eigenvalue weighted by Crippen LogP contribution is 2.37. The molecule has 1 aromatic rings. The minimum atomic E-state index is -0.161. The molecule has 2 N–H and O–H groups in total. The van der Waals surface area contributed by atoms with Gasteiger partial charge in [-0.3, -0.25) is 9.69 Å². The predicted octanol–water partition coefficient (Wildman–Crippen LogP) is 1.75. The van der Waals surface area contributed by atoms with Crippen LogP contribution in [-0.2, 0) is 11.3 Å². The van der Waals surface area contributed by atoms with E-state index in [9.17, 15) is 9.90 Å². The molecule has 4 aliphatic heterocycles. The second-order valence-electron chi connectivity index (χ2n) is 7.79. The van der Waals surface area contributed by atoms with Crippen LogP contribution in [0.25, 0.3) is 0 Å². The van der Waals surface area contributed by atoms with Crippen LogP contribution in [0, 0.1) is 5.92 Å². The van der Waals surface area contributed by atoms with Crippen molar-refractivity contribution in [3.8, 4) is 0 Å². The molecule has 0 bridgehead atoms. The Kier molecular flexibility index (Phi) is 4.37. The summed E-state index contributed by atoms with van der Waals surface area (Å²) in [5.74, 6) is 0.579. The Morgan fingerprint density at radius 2 is 1.93 bits per heavy atom. The minimum absolute atomic E-state index is 0.00898. The number of benzene rings is 1. The molecule has 0 spiro atoms. The second kappa shape index (κ2) is 7.04. The van der Waals surface area contributed by atoms with Gasteiger partial charge >= 0.3 is 0 Å². The van der Waals surface area contributed by atoms with Crippen molar-refractivity contribution in [3.63, 3.8) is 0 Å². The monoisotopic (exact) mass is 376 g/mol. The van der Waals surface area contributed by atoms with Crippen LogP contribution in [0.5, 0.6) is 0 Å². The van der Waals surface area contributed by atoms with Crippen molar-refractivity contribution in [2.24, 2.45) is 10.9 Å². The first-order valence-electron chi connectivity index (χ1n) is 9.94. The van der Waals surface area contributed by atoms with Gasteiger partial charge in [-0.05, 0) is 37.6 Å². The summed E-state index contributed by atoms with van der Waals surface area (Å²) in [6.07, 6.45) is 7.73. The summed E-state index contributed by atoms with van der Waals surface area (Å²) in [4.78, 5) is 21.3. The fourth-order valence-corrected chi connectivity index (χ4v) is 4.47. The lowest BCUT2D eigenvalue weighted by Crippen LogP contribution is -2.33. The number of aliphatic hydroxyl groups is 1. The quantitative estimate of drug-likeness (QED) is 0.840. The third-order valence-corrected chi connectivity index (χ3v) is 5.90. The van der Waals surface area contributed by atoms with Crippen LogP contribution in [-0.4, -0.2) is 52.9 Å². The highest BCUT2D eigenvalue weighted by atomic mass is 16.3. The number of rotatable bonds is 4. The summed E-state index contributed by atoms with van der Waals surface area (Å²) in [5.41, 5.74) is 5.01. The largest absolute Gasteiger partial charge is 0.396 e. The molecule has 1 aromatic carbocycles. The number of hydrogen-bond donors (Lipinski definition) is 2. The number of amides is 1. The van der Waals surface area contributed by atoms with Crippen LogP contribution in [0.1, 0.15) is 24.0 Å². The summed E-state index contributed by atoms with van der Waals surface area (Å²) in [5, 5.41) is 12.8. The summed E-state index contributed by atoms with van der Waals surface area (Å²) in [6.45, 7) is 3.98. The Labute approximate surface area is 164 Å². The van der Waals surface area contributed by atoms with Gasteiger partial charge in [-0.15, -0.1) is 0 Å². The SMILES string of the molecule is O=C1C=CC2=CN=C(c3ccc(CN4CCCC4)cc3)N3C[C@@H](CO)C(=C23)N1. The van der Waals surface area contributed by atoms with Gasteiger partial charge in [0, 0.05) is 48.1 Å². The molecule has 6 nitrogen and oxygen atoms in total. The van der Waals surface area contributed by atoms with Gasteiger partial charge in [0.1, 0.15) is 5.84 Å². The molecular weight excluding hydrogens is 352 g/mol. The first-order valence-corrected chi connectivity index (χ1v) is 9.94. The molecule has 5 rings (SSSR count). The zero-order chi connectivity index (χ0) is 19.1. The van der Waals surface area contributed by atoms with Gasteiger partial charge in [0.15, 0.2) is 0 Å². The molecule has 4 heterocycles. The number of nitrogens with one attached hydrogen (secondary N) is 1. The van der Waals surface area contributed by atoms with E-state index < -0.39 is 0 Å². The topological polar surface area (TPSA) is 68.2 Å². The molecule has 28 heavy (non-hydrogen) atoms. The van der Waals surface area contributed by atoms with Crippen molar-refractivity contribution in [3.05, 3.63) is 70.7 Å². The number of carbonyl (C=O) groups excluding carboxylic acids is 1. The molecule has 1 saturated heterocycles. The molecule has 4 aliphatic rings. The molecule has 144 valence electrons. The van der Waals surface area contributed by atoms with Crippen LogP contribution in [0.15, 0.2) is 64.6 Å². The minimum Gasteiger partial charge on any atom is -0.396 e. The molecule has 1 amide bonds. The Morgan fingerprint density at radius 3 is 2.68 bits per heavy atom. The van der Waals surface area contributed by atoms with Crippen molar-refractivity contribution in [1.82, 2.24) is 15.1 Å². The van der Waals surface area contributed by atoms with E-state index in [2.05, 4.69) is 39.4 Å². The average molecular weight is 376 g/mol. The van der Waals surface area contributed by atoms with Gasteiger partial charge in [0.05, 0.1) is 12.3 Å². The summed E-state index contributed by atoms with van der Waals surface area (Å²) in [7, 11) is 0. The molecular formula is C22H24N4O2. The lowest BCUT2D eigenvalue weighted by molar-refractivity contribution is -0.115. The van der Waals surface area contributed by atoms with E-state index in [1.807, 2.05) is 6.20 Å². The maximum Gasteiger partial charge on any atom is 0.248 e. The number of likely N-dealkylation sites (tertiary alicyclic amines) is 1. The summed E-state index contributed by atoms with van der Waals surface area (Å²) in [6, 6.07) is 8.61. The van der Waals surface area contributed by atoms with Gasteiger partial charge in [0.2, 0.25) is 5.91 Å². The van der Waals surface area contributed by atoms with Gasteiger partial charge in [-0.1, -0.05) is 24.3 Å². The first-order chi connectivity index (χ1) is 13.7. The smallest absolute Gasteiger partial charge is 0.248 e. The van der Waals surface area contributed by atoms with Crippen LogP contribution in [0.2, 0.25) is 0 Å². The normalized spacial score (nSPS) is 24.1. The van der Waals surface area contributed by atoms with Gasteiger partial charge in [-0.2, -0.15) is 0 Å². The van der Waals surface area contributed by atoms with E-state index in [0.717, 1.165) is 34.9 Å². The van der Waals surface area contributed by atoms with Crippen molar-refractivity contribution >= 4 is 11.7 Å².